The van der Waals surface area contributed by atoms with Gasteiger partial charge in [-0.1, -0.05) is 0 Å². The van der Waals surface area contributed by atoms with Crippen LogP contribution in [0, 0.1) is 0 Å². The fraction of sp³-hybridized carbons (Fsp3) is 0.833. The Morgan fingerprint density at radius 1 is 1.14 bits per heavy atom. The van der Waals surface area contributed by atoms with Gasteiger partial charge in [0.2, 0.25) is 0 Å². The molecule has 84 valence electrons. The van der Waals surface area contributed by atoms with Crippen LogP contribution in [0.4, 0.5) is 0 Å². The van der Waals surface area contributed by atoms with Gasteiger partial charge >= 0.3 is 105 Å². The Balaban J connectivity index is 3.53. The Labute approximate surface area is 104 Å². The van der Waals surface area contributed by atoms with Gasteiger partial charge in [0.1, 0.15) is 0 Å². The van der Waals surface area contributed by atoms with Gasteiger partial charge in [-0.15, -0.1) is 0 Å². The van der Waals surface area contributed by atoms with Crippen molar-refractivity contribution < 1.29 is 0 Å². The van der Waals surface area contributed by atoms with Crippen LogP contribution in [-0.2, 0) is 0 Å². The molecule has 0 rings (SSSR count). The fourth-order valence-electron chi connectivity index (χ4n) is 1.14. The molecular formula is C12H24STe. The summed E-state index contributed by atoms with van der Waals surface area (Å²) < 4.78 is 4.08. The molecule has 2 heteroatoms. The maximum atomic E-state index is 2.58. The molecule has 0 aromatic carbocycles. The molecule has 0 spiro atoms. The van der Waals surface area contributed by atoms with Crippen LogP contribution in [0.1, 0.15) is 52.4 Å². The minimum absolute atomic E-state index is 0.199. The Morgan fingerprint density at radius 2 is 1.86 bits per heavy atom. The standard InChI is InChI=1S/C12H24STe/c1-4-6-8-9-12(13-3)11-14-10-7-5-2/h11H,4-10H2,1-3H3/b12-11+. The minimum atomic E-state index is 0.199. The summed E-state index contributed by atoms with van der Waals surface area (Å²) in [6.07, 6.45) is 10.5. The number of rotatable bonds is 9. The van der Waals surface area contributed by atoms with Crippen LogP contribution in [0.25, 0.3) is 0 Å². The second-order valence-corrected chi connectivity index (χ2v) is 7.19. The molecule has 0 bridgehead atoms. The van der Waals surface area contributed by atoms with Gasteiger partial charge in [-0.2, -0.15) is 0 Å². The van der Waals surface area contributed by atoms with Gasteiger partial charge < -0.3 is 0 Å². The number of hydrogen-bond donors (Lipinski definition) is 0. The van der Waals surface area contributed by atoms with Crippen molar-refractivity contribution in [2.75, 3.05) is 6.26 Å². The molecule has 0 aliphatic heterocycles. The molecule has 0 unspecified atom stereocenters. The number of unbranched alkanes of at least 4 members (excludes halogenated alkanes) is 3. The predicted octanol–water partition coefficient (Wildman–Crippen LogP) is 4.69. The van der Waals surface area contributed by atoms with Crippen molar-refractivity contribution in [3.63, 3.8) is 0 Å². The van der Waals surface area contributed by atoms with Crippen LogP contribution >= 0.6 is 11.8 Å². The van der Waals surface area contributed by atoms with E-state index in [4.69, 9.17) is 0 Å². The molecule has 0 saturated carbocycles. The van der Waals surface area contributed by atoms with E-state index in [2.05, 4.69) is 24.2 Å². The third-order valence-corrected chi connectivity index (χ3v) is 6.22. The number of allylic oxidation sites excluding steroid dienone is 1. The molecule has 0 aromatic heterocycles. The van der Waals surface area contributed by atoms with Crippen LogP contribution < -0.4 is 0 Å². The van der Waals surface area contributed by atoms with Crippen LogP contribution in [0.2, 0.25) is 4.47 Å². The molecular weight excluding hydrogens is 304 g/mol. The molecule has 0 aliphatic carbocycles. The zero-order valence-corrected chi connectivity index (χ0v) is 13.0. The summed E-state index contributed by atoms with van der Waals surface area (Å²) in [5.74, 6) is 0. The third kappa shape index (κ3) is 9.44. The average Bonchev–Trinajstić information content (AvgIpc) is 2.22. The summed E-state index contributed by atoms with van der Waals surface area (Å²) in [5, 5.41) is 0. The summed E-state index contributed by atoms with van der Waals surface area (Å²) in [5.41, 5.74) is 0. The summed E-state index contributed by atoms with van der Waals surface area (Å²) in [4.78, 5) is 1.66. The van der Waals surface area contributed by atoms with Crippen molar-refractivity contribution >= 4 is 32.7 Å². The molecule has 14 heavy (non-hydrogen) atoms. The molecule has 0 N–H and O–H groups in total. The molecule has 0 atom stereocenters. The van der Waals surface area contributed by atoms with Crippen molar-refractivity contribution in [3.8, 4) is 0 Å². The van der Waals surface area contributed by atoms with Crippen LogP contribution in [0.3, 0.4) is 0 Å². The van der Waals surface area contributed by atoms with Crippen molar-refractivity contribution in [3.05, 3.63) is 9.03 Å². The van der Waals surface area contributed by atoms with Gasteiger partial charge in [0, 0.05) is 0 Å². The molecule has 0 aliphatic rings. The number of hydrogen-bond acceptors (Lipinski definition) is 1. The first-order valence-electron chi connectivity index (χ1n) is 5.69. The normalized spacial score (nSPS) is 12.1. The zero-order valence-electron chi connectivity index (χ0n) is 9.84. The molecule has 0 amide bonds. The number of thioether (sulfide) groups is 1. The van der Waals surface area contributed by atoms with E-state index in [-0.39, 0.29) is 20.9 Å². The average molecular weight is 328 g/mol. The molecule has 0 aromatic rings. The Hall–Kier alpha value is 0.880. The van der Waals surface area contributed by atoms with E-state index in [0.29, 0.717) is 0 Å². The second kappa shape index (κ2) is 12.0. The van der Waals surface area contributed by atoms with Gasteiger partial charge in [0.25, 0.3) is 0 Å². The topological polar surface area (TPSA) is 0 Å². The molecule has 0 nitrogen and oxygen atoms in total. The predicted molar refractivity (Wildman–Crippen MR) is 71.2 cm³/mol. The van der Waals surface area contributed by atoms with Gasteiger partial charge in [-0.25, -0.2) is 0 Å². The monoisotopic (exact) mass is 330 g/mol. The van der Waals surface area contributed by atoms with Crippen molar-refractivity contribution in [2.24, 2.45) is 0 Å². The van der Waals surface area contributed by atoms with Crippen LogP contribution in [0.15, 0.2) is 9.03 Å². The summed E-state index contributed by atoms with van der Waals surface area (Å²) >= 11 is 2.17. The van der Waals surface area contributed by atoms with E-state index >= 15 is 0 Å². The van der Waals surface area contributed by atoms with Crippen LogP contribution in [-0.4, -0.2) is 27.2 Å². The van der Waals surface area contributed by atoms with Gasteiger partial charge in [-0.3, -0.25) is 0 Å². The Morgan fingerprint density at radius 3 is 2.43 bits per heavy atom. The first-order chi connectivity index (χ1) is 6.85. The van der Waals surface area contributed by atoms with Crippen molar-refractivity contribution in [1.82, 2.24) is 0 Å². The van der Waals surface area contributed by atoms with E-state index in [0.717, 1.165) is 0 Å². The quantitative estimate of drug-likeness (QED) is 0.437. The maximum absolute atomic E-state index is 2.58. The molecule has 0 heterocycles. The van der Waals surface area contributed by atoms with Crippen molar-refractivity contribution in [1.29, 1.82) is 0 Å². The van der Waals surface area contributed by atoms with E-state index < -0.39 is 0 Å². The molecule has 0 radical (unpaired) electrons. The zero-order chi connectivity index (χ0) is 10.6. The van der Waals surface area contributed by atoms with Crippen LogP contribution in [0.5, 0.6) is 0 Å². The first kappa shape index (κ1) is 14.9. The first-order valence-corrected chi connectivity index (χ1v) is 9.91. The fourth-order valence-corrected chi connectivity index (χ4v) is 5.37. The summed E-state index contributed by atoms with van der Waals surface area (Å²) in [6.45, 7) is 4.56. The Kier molecular flexibility index (Phi) is 12.7. The van der Waals surface area contributed by atoms with E-state index in [1.54, 1.807) is 4.91 Å². The summed E-state index contributed by atoms with van der Waals surface area (Å²) in [6, 6.07) is 0. The van der Waals surface area contributed by atoms with E-state index in [9.17, 15) is 0 Å². The van der Waals surface area contributed by atoms with Gasteiger partial charge in [0.15, 0.2) is 0 Å². The SMILES string of the molecule is CCCCC/C(=C\[Te]CCCC)SC. The van der Waals surface area contributed by atoms with E-state index in [1.807, 2.05) is 11.8 Å². The summed E-state index contributed by atoms with van der Waals surface area (Å²) in [7, 11) is 0. The third-order valence-electron chi connectivity index (χ3n) is 2.12. The molecule has 0 saturated heterocycles. The van der Waals surface area contributed by atoms with Crippen molar-refractivity contribution in [2.45, 2.75) is 56.8 Å². The van der Waals surface area contributed by atoms with Gasteiger partial charge in [0.05, 0.1) is 0 Å². The molecule has 0 fully saturated rings. The Bertz CT molecular complexity index is 143. The van der Waals surface area contributed by atoms with E-state index in [1.165, 1.54) is 43.0 Å². The second-order valence-electron chi connectivity index (χ2n) is 3.47. The van der Waals surface area contributed by atoms with Gasteiger partial charge in [-0.05, 0) is 0 Å².